The van der Waals surface area contributed by atoms with Crippen molar-refractivity contribution < 1.29 is 19.7 Å². The van der Waals surface area contributed by atoms with Gasteiger partial charge in [-0.25, -0.2) is 0 Å². The van der Waals surface area contributed by atoms with Gasteiger partial charge in [0.25, 0.3) is 0 Å². The molecule has 0 heterocycles. The van der Waals surface area contributed by atoms with Crippen LogP contribution in [-0.4, -0.2) is 40.9 Å². The fraction of sp³-hybridized carbons (Fsp3) is 0.880. The maximum atomic E-state index is 13.4. The molecule has 0 aromatic heterocycles. The van der Waals surface area contributed by atoms with Crippen molar-refractivity contribution in [2.45, 2.75) is 95.9 Å². The second kappa shape index (κ2) is 6.64. The summed E-state index contributed by atoms with van der Waals surface area (Å²) >= 11 is 0. The van der Waals surface area contributed by atoms with Gasteiger partial charge in [-0.2, -0.15) is 0 Å². The third-order valence-electron chi connectivity index (χ3n) is 10.5. The van der Waals surface area contributed by atoms with E-state index >= 15 is 0 Å². The number of rotatable bonds is 2. The van der Waals surface area contributed by atoms with Crippen LogP contribution in [0.15, 0.2) is 11.6 Å². The Morgan fingerprint density at radius 2 is 1.76 bits per heavy atom. The third kappa shape index (κ3) is 2.64. The number of carbonyl (C=O) groups is 1. The topological polar surface area (TPSA) is 66.8 Å². The first-order valence-electron chi connectivity index (χ1n) is 11.9. The van der Waals surface area contributed by atoms with E-state index in [2.05, 4.69) is 13.8 Å². The molecule has 4 fully saturated rings. The molecule has 5 rings (SSSR count). The number of methoxy groups -OCH3 is 1. The zero-order valence-electron chi connectivity index (χ0n) is 18.3. The minimum atomic E-state index is -0.695. The summed E-state index contributed by atoms with van der Waals surface area (Å²) in [5.41, 5.74) is 1.15. The van der Waals surface area contributed by atoms with E-state index in [0.29, 0.717) is 18.3 Å². The van der Waals surface area contributed by atoms with Gasteiger partial charge in [0.1, 0.15) is 0 Å². The molecule has 2 N–H and O–H groups in total. The molecule has 0 aliphatic heterocycles. The van der Waals surface area contributed by atoms with E-state index in [9.17, 15) is 15.0 Å². The summed E-state index contributed by atoms with van der Waals surface area (Å²) in [6.45, 7) is 4.50. The number of hydrogen-bond acceptors (Lipinski definition) is 4. The number of allylic oxidation sites excluding steroid dienone is 2. The van der Waals surface area contributed by atoms with Crippen molar-refractivity contribution in [3.05, 3.63) is 11.6 Å². The Morgan fingerprint density at radius 3 is 2.45 bits per heavy atom. The quantitative estimate of drug-likeness (QED) is 0.732. The summed E-state index contributed by atoms with van der Waals surface area (Å²) in [5, 5.41) is 21.0. The third-order valence-corrected chi connectivity index (χ3v) is 10.5. The van der Waals surface area contributed by atoms with Crippen molar-refractivity contribution >= 4 is 5.78 Å². The summed E-state index contributed by atoms with van der Waals surface area (Å²) in [6.07, 6.45) is 11.3. The number of hydrogen-bond donors (Lipinski definition) is 2. The maximum absolute atomic E-state index is 13.4. The van der Waals surface area contributed by atoms with Gasteiger partial charge in [-0.15, -0.1) is 0 Å². The van der Waals surface area contributed by atoms with Crippen LogP contribution in [0.2, 0.25) is 0 Å². The minimum Gasteiger partial charge on any atom is -0.390 e. The second-order valence-corrected chi connectivity index (χ2v) is 11.4. The molecule has 4 nitrogen and oxygen atoms in total. The van der Waals surface area contributed by atoms with Crippen molar-refractivity contribution in [1.29, 1.82) is 0 Å². The number of ketones is 1. The Bertz CT molecular complexity index is 722. The van der Waals surface area contributed by atoms with E-state index in [4.69, 9.17) is 4.74 Å². The van der Waals surface area contributed by atoms with E-state index in [1.807, 2.05) is 13.2 Å². The van der Waals surface area contributed by atoms with Crippen LogP contribution >= 0.6 is 0 Å². The van der Waals surface area contributed by atoms with Crippen LogP contribution < -0.4 is 0 Å². The van der Waals surface area contributed by atoms with Crippen molar-refractivity contribution in [3.8, 4) is 0 Å². The first-order chi connectivity index (χ1) is 13.7. The first kappa shape index (κ1) is 20.2. The normalized spacial score (nSPS) is 51.2. The molecule has 3 unspecified atom stereocenters. The molecule has 0 radical (unpaired) electrons. The first-order valence-corrected chi connectivity index (χ1v) is 11.9. The molecular weight excluding hydrogens is 364 g/mol. The smallest absolute Gasteiger partial charge is 0.159 e. The van der Waals surface area contributed by atoms with Gasteiger partial charge in [-0.05, 0) is 86.0 Å². The van der Waals surface area contributed by atoms with Crippen LogP contribution in [0.5, 0.6) is 0 Å². The number of ether oxygens (including phenoxy) is 1. The summed E-state index contributed by atoms with van der Waals surface area (Å²) in [7, 11) is 1.88. The van der Waals surface area contributed by atoms with Gasteiger partial charge in [0.15, 0.2) is 5.78 Å². The Morgan fingerprint density at radius 1 is 1.03 bits per heavy atom. The molecule has 0 saturated heterocycles. The average Bonchev–Trinajstić information content (AvgIpc) is 3.27. The molecular formula is C25H38O4. The van der Waals surface area contributed by atoms with Crippen molar-refractivity contribution in [2.24, 2.45) is 34.5 Å². The Kier molecular flexibility index (Phi) is 4.63. The van der Waals surface area contributed by atoms with Crippen LogP contribution in [0.25, 0.3) is 0 Å². The lowest BCUT2D eigenvalue weighted by atomic mass is 9.46. The van der Waals surface area contributed by atoms with E-state index in [0.717, 1.165) is 38.5 Å². The van der Waals surface area contributed by atoms with Crippen LogP contribution in [-0.2, 0) is 9.53 Å². The van der Waals surface area contributed by atoms with Crippen LogP contribution in [0.1, 0.15) is 78.1 Å². The van der Waals surface area contributed by atoms with Crippen molar-refractivity contribution in [3.63, 3.8) is 0 Å². The number of fused-ring (bicyclic) bond motifs is 5. The standard InChI is InChI=1S/C25H38O4/c1-23-10-6-15(25(29-3)8-4-5-9-25)12-16(23)13-19(26)21-17(23)7-11-24(2)18(21)14-20(27)22(24)28/h13,15,17-18,20-22,27-28H,4-12,14H2,1-3H3/t15-,17?,18?,20+,21?,22-,23-,24-/m0/s1. The lowest BCUT2D eigenvalue weighted by molar-refractivity contribution is -0.138. The molecule has 4 saturated carbocycles. The zero-order chi connectivity index (χ0) is 20.6. The van der Waals surface area contributed by atoms with Gasteiger partial charge in [-0.1, -0.05) is 32.3 Å². The van der Waals surface area contributed by atoms with Gasteiger partial charge in [-0.3, -0.25) is 4.79 Å². The molecule has 0 bridgehead atoms. The Labute approximate surface area is 175 Å². The van der Waals surface area contributed by atoms with Gasteiger partial charge < -0.3 is 14.9 Å². The lowest BCUT2D eigenvalue weighted by Crippen LogP contribution is -2.54. The monoisotopic (exact) mass is 402 g/mol. The summed E-state index contributed by atoms with van der Waals surface area (Å²) in [4.78, 5) is 13.4. The largest absolute Gasteiger partial charge is 0.390 e. The maximum Gasteiger partial charge on any atom is 0.159 e. The molecule has 0 aromatic rings. The molecule has 0 spiro atoms. The average molecular weight is 403 g/mol. The van der Waals surface area contributed by atoms with Crippen LogP contribution in [0, 0.1) is 34.5 Å². The SMILES string of the molecule is COC1([C@H]2CC[C@@]3(C)C(=CC(=O)C4C3CC[C@@]3(C)C4C[C@@H](O)[C@@H]3O)C2)CCCC1. The lowest BCUT2D eigenvalue weighted by Gasteiger charge is -2.57. The fourth-order valence-corrected chi connectivity index (χ4v) is 8.60. The highest BCUT2D eigenvalue weighted by Crippen LogP contribution is 2.65. The highest BCUT2D eigenvalue weighted by Gasteiger charge is 2.63. The molecule has 29 heavy (non-hydrogen) atoms. The molecule has 8 atom stereocenters. The minimum absolute atomic E-state index is 0.0207. The summed E-state index contributed by atoms with van der Waals surface area (Å²) in [5.74, 6) is 1.22. The number of aliphatic hydroxyl groups is 2. The number of carbonyl (C=O) groups excluding carboxylic acids is 1. The van der Waals surface area contributed by atoms with Gasteiger partial charge in [0.05, 0.1) is 17.8 Å². The van der Waals surface area contributed by atoms with E-state index in [1.54, 1.807) is 0 Å². The molecule has 5 aliphatic carbocycles. The second-order valence-electron chi connectivity index (χ2n) is 11.4. The van der Waals surface area contributed by atoms with E-state index in [1.165, 1.54) is 24.8 Å². The van der Waals surface area contributed by atoms with Crippen LogP contribution in [0.4, 0.5) is 0 Å². The summed E-state index contributed by atoms with van der Waals surface area (Å²) < 4.78 is 6.11. The molecule has 0 amide bonds. The zero-order valence-corrected chi connectivity index (χ0v) is 18.3. The molecule has 0 aromatic carbocycles. The molecule has 5 aliphatic rings. The van der Waals surface area contributed by atoms with Gasteiger partial charge in [0, 0.05) is 13.0 Å². The van der Waals surface area contributed by atoms with Crippen molar-refractivity contribution in [1.82, 2.24) is 0 Å². The van der Waals surface area contributed by atoms with E-state index in [-0.39, 0.29) is 34.1 Å². The fourth-order valence-electron chi connectivity index (χ4n) is 8.60. The Hall–Kier alpha value is -0.710. The Balaban J connectivity index is 1.46. The predicted octanol–water partition coefficient (Wildman–Crippen LogP) is 4.04. The highest BCUT2D eigenvalue weighted by atomic mass is 16.5. The van der Waals surface area contributed by atoms with Gasteiger partial charge >= 0.3 is 0 Å². The molecule has 162 valence electrons. The van der Waals surface area contributed by atoms with Crippen LogP contribution in [0.3, 0.4) is 0 Å². The molecule has 4 heteroatoms. The predicted molar refractivity (Wildman–Crippen MR) is 111 cm³/mol. The number of aliphatic hydroxyl groups excluding tert-OH is 2. The van der Waals surface area contributed by atoms with E-state index < -0.39 is 12.2 Å². The summed E-state index contributed by atoms with van der Waals surface area (Å²) in [6, 6.07) is 0. The highest BCUT2D eigenvalue weighted by molar-refractivity contribution is 5.94. The van der Waals surface area contributed by atoms with Gasteiger partial charge in [0.2, 0.25) is 0 Å². The van der Waals surface area contributed by atoms with Crippen molar-refractivity contribution in [2.75, 3.05) is 7.11 Å².